The zero-order chi connectivity index (χ0) is 10.8. The molecule has 0 radical (unpaired) electrons. The molecule has 5 nitrogen and oxygen atoms in total. The van der Waals surface area contributed by atoms with Gasteiger partial charge in [0.2, 0.25) is 5.88 Å². The first-order chi connectivity index (χ1) is 6.47. The monoisotopic (exact) mass is 197 g/mol. The van der Waals surface area contributed by atoms with Crippen LogP contribution in [0.2, 0.25) is 0 Å². The summed E-state index contributed by atoms with van der Waals surface area (Å²) in [6.07, 6.45) is 0. The fraction of sp³-hybridized carbons (Fsp3) is 0.556. The summed E-state index contributed by atoms with van der Waals surface area (Å²) >= 11 is 0. The number of hydrogen-bond donors (Lipinski definition) is 1. The van der Waals surface area contributed by atoms with Crippen LogP contribution >= 0.6 is 0 Å². The third-order valence-electron chi connectivity index (χ3n) is 1.73. The second kappa shape index (κ2) is 3.79. The highest BCUT2D eigenvalue weighted by Crippen LogP contribution is 2.20. The third-order valence-corrected chi connectivity index (χ3v) is 1.73. The Hall–Kier alpha value is -1.36. The Morgan fingerprint density at radius 3 is 2.29 bits per heavy atom. The van der Waals surface area contributed by atoms with Gasteiger partial charge in [-0.3, -0.25) is 0 Å². The van der Waals surface area contributed by atoms with E-state index in [1.807, 2.05) is 13.8 Å². The van der Waals surface area contributed by atoms with Gasteiger partial charge in [0.1, 0.15) is 0 Å². The summed E-state index contributed by atoms with van der Waals surface area (Å²) < 4.78 is 9.94. The van der Waals surface area contributed by atoms with E-state index >= 15 is 0 Å². The lowest BCUT2D eigenvalue weighted by atomic mass is 10.0. The highest BCUT2D eigenvalue weighted by atomic mass is 16.5. The predicted molar refractivity (Wildman–Crippen MR) is 52.3 cm³/mol. The summed E-state index contributed by atoms with van der Waals surface area (Å²) in [6.45, 7) is 3.71. The molecule has 0 bridgehead atoms. The third kappa shape index (κ3) is 2.32. The molecule has 0 aromatic carbocycles. The molecule has 0 atom stereocenters. The molecular formula is C9H15N3O2. The maximum atomic E-state index is 5.90. The van der Waals surface area contributed by atoms with Gasteiger partial charge in [0, 0.05) is 6.07 Å². The van der Waals surface area contributed by atoms with Crippen LogP contribution in [0.25, 0.3) is 0 Å². The van der Waals surface area contributed by atoms with E-state index in [4.69, 9.17) is 15.2 Å². The minimum Gasteiger partial charge on any atom is -0.481 e. The molecule has 0 amide bonds. The highest BCUT2D eigenvalue weighted by molar-refractivity contribution is 5.23. The molecule has 1 rings (SSSR count). The molecule has 0 saturated heterocycles. The number of methoxy groups -OCH3 is 2. The largest absolute Gasteiger partial charge is 0.481 e. The van der Waals surface area contributed by atoms with E-state index in [2.05, 4.69) is 9.97 Å². The molecule has 1 aromatic rings. The van der Waals surface area contributed by atoms with Crippen LogP contribution in [0, 0.1) is 0 Å². The highest BCUT2D eigenvalue weighted by Gasteiger charge is 2.18. The fourth-order valence-corrected chi connectivity index (χ4v) is 0.930. The lowest BCUT2D eigenvalue weighted by Crippen LogP contribution is -2.30. The molecule has 14 heavy (non-hydrogen) atoms. The summed E-state index contributed by atoms with van der Waals surface area (Å²) in [7, 11) is 3.04. The van der Waals surface area contributed by atoms with Gasteiger partial charge in [-0.1, -0.05) is 0 Å². The van der Waals surface area contributed by atoms with E-state index in [9.17, 15) is 0 Å². The maximum absolute atomic E-state index is 5.90. The van der Waals surface area contributed by atoms with Gasteiger partial charge in [-0.25, -0.2) is 0 Å². The second-order valence-corrected chi connectivity index (χ2v) is 3.50. The van der Waals surface area contributed by atoms with Crippen molar-refractivity contribution in [3.63, 3.8) is 0 Å². The van der Waals surface area contributed by atoms with E-state index in [-0.39, 0.29) is 6.01 Å². The van der Waals surface area contributed by atoms with Crippen molar-refractivity contribution in [3.8, 4) is 11.9 Å². The Morgan fingerprint density at radius 1 is 1.21 bits per heavy atom. The summed E-state index contributed by atoms with van der Waals surface area (Å²) in [4.78, 5) is 8.11. The van der Waals surface area contributed by atoms with Gasteiger partial charge in [0.15, 0.2) is 0 Å². The Kier molecular flexibility index (Phi) is 2.90. The predicted octanol–water partition coefficient (Wildman–Crippen LogP) is 0.688. The molecule has 0 unspecified atom stereocenters. The molecule has 0 fully saturated rings. The molecule has 0 aliphatic carbocycles. The Morgan fingerprint density at radius 2 is 1.86 bits per heavy atom. The zero-order valence-corrected chi connectivity index (χ0v) is 8.87. The molecule has 0 saturated carbocycles. The second-order valence-electron chi connectivity index (χ2n) is 3.50. The number of nitrogens with zero attached hydrogens (tertiary/aromatic N) is 2. The summed E-state index contributed by atoms with van der Waals surface area (Å²) in [5.74, 6) is 0.449. The molecule has 2 N–H and O–H groups in total. The topological polar surface area (TPSA) is 70.3 Å². The normalized spacial score (nSPS) is 11.2. The number of aromatic nitrogens is 2. The molecule has 1 heterocycles. The summed E-state index contributed by atoms with van der Waals surface area (Å²) in [6, 6.07) is 1.96. The summed E-state index contributed by atoms with van der Waals surface area (Å²) in [5, 5.41) is 0. The summed E-state index contributed by atoms with van der Waals surface area (Å²) in [5.41, 5.74) is 6.05. The van der Waals surface area contributed by atoms with Crippen LogP contribution in [0.1, 0.15) is 19.5 Å². The van der Waals surface area contributed by atoms with Crippen LogP contribution in [0.4, 0.5) is 0 Å². The molecule has 5 heteroatoms. The van der Waals surface area contributed by atoms with Crippen LogP contribution in [-0.2, 0) is 5.54 Å². The van der Waals surface area contributed by atoms with Crippen molar-refractivity contribution in [3.05, 3.63) is 11.8 Å². The molecule has 1 aromatic heterocycles. The minimum atomic E-state index is -0.538. The molecule has 0 spiro atoms. The number of hydrogen-bond acceptors (Lipinski definition) is 5. The maximum Gasteiger partial charge on any atom is 0.319 e. The lowest BCUT2D eigenvalue weighted by Gasteiger charge is -2.18. The van der Waals surface area contributed by atoms with E-state index in [1.54, 1.807) is 6.07 Å². The smallest absolute Gasteiger partial charge is 0.319 e. The first-order valence-corrected chi connectivity index (χ1v) is 4.24. The van der Waals surface area contributed by atoms with Crippen molar-refractivity contribution < 1.29 is 9.47 Å². The van der Waals surface area contributed by atoms with E-state index < -0.39 is 5.54 Å². The zero-order valence-electron chi connectivity index (χ0n) is 8.87. The number of ether oxygens (including phenoxy) is 2. The standard InChI is InChI=1S/C9H15N3O2/c1-9(2,10)6-5-7(13-3)12-8(11-6)14-4/h5H,10H2,1-4H3. The fourth-order valence-electron chi connectivity index (χ4n) is 0.930. The van der Waals surface area contributed by atoms with E-state index in [1.165, 1.54) is 14.2 Å². The SMILES string of the molecule is COc1cc(C(C)(C)N)nc(OC)n1. The minimum absolute atomic E-state index is 0.262. The van der Waals surface area contributed by atoms with Gasteiger partial charge >= 0.3 is 6.01 Å². The van der Waals surface area contributed by atoms with Crippen molar-refractivity contribution in [2.24, 2.45) is 5.73 Å². The average molecular weight is 197 g/mol. The molecule has 78 valence electrons. The van der Waals surface area contributed by atoms with Gasteiger partial charge in [-0.15, -0.1) is 0 Å². The quantitative estimate of drug-likeness (QED) is 0.771. The van der Waals surface area contributed by atoms with Crippen LogP contribution < -0.4 is 15.2 Å². The van der Waals surface area contributed by atoms with Crippen LogP contribution in [0.5, 0.6) is 11.9 Å². The first-order valence-electron chi connectivity index (χ1n) is 4.24. The Bertz CT molecular complexity index is 298. The van der Waals surface area contributed by atoms with Crippen LogP contribution in [0.3, 0.4) is 0 Å². The van der Waals surface area contributed by atoms with Gasteiger partial charge in [0.05, 0.1) is 25.5 Å². The average Bonchev–Trinajstić information content (AvgIpc) is 2.15. The first kappa shape index (κ1) is 10.7. The van der Waals surface area contributed by atoms with E-state index in [0.29, 0.717) is 11.6 Å². The number of rotatable bonds is 3. The van der Waals surface area contributed by atoms with Gasteiger partial charge < -0.3 is 15.2 Å². The van der Waals surface area contributed by atoms with Crippen molar-refractivity contribution >= 4 is 0 Å². The Labute approximate surface area is 83.3 Å². The van der Waals surface area contributed by atoms with Crippen molar-refractivity contribution in [2.45, 2.75) is 19.4 Å². The van der Waals surface area contributed by atoms with Gasteiger partial charge in [0.25, 0.3) is 0 Å². The molecule has 0 aliphatic rings. The van der Waals surface area contributed by atoms with Gasteiger partial charge in [-0.2, -0.15) is 9.97 Å². The number of nitrogens with two attached hydrogens (primary N) is 1. The van der Waals surface area contributed by atoms with Crippen molar-refractivity contribution in [1.82, 2.24) is 9.97 Å². The lowest BCUT2D eigenvalue weighted by molar-refractivity contribution is 0.344. The van der Waals surface area contributed by atoms with Gasteiger partial charge in [-0.05, 0) is 13.8 Å². The molecule has 0 aliphatic heterocycles. The van der Waals surface area contributed by atoms with Crippen molar-refractivity contribution in [2.75, 3.05) is 14.2 Å². The van der Waals surface area contributed by atoms with Crippen LogP contribution in [0.15, 0.2) is 6.07 Å². The van der Waals surface area contributed by atoms with E-state index in [0.717, 1.165) is 0 Å². The Balaban J connectivity index is 3.17. The molecular weight excluding hydrogens is 182 g/mol. The van der Waals surface area contributed by atoms with Crippen molar-refractivity contribution in [1.29, 1.82) is 0 Å². The van der Waals surface area contributed by atoms with Crippen LogP contribution in [-0.4, -0.2) is 24.2 Å².